The predicted molar refractivity (Wildman–Crippen MR) is 429 cm³/mol. The third-order valence-corrected chi connectivity index (χ3v) is 17.9. The number of aromatic nitrogens is 12. The van der Waals surface area contributed by atoms with Crippen molar-refractivity contribution < 1.29 is 58.0 Å². The first-order chi connectivity index (χ1) is 53.9. The number of anilines is 3. The van der Waals surface area contributed by atoms with Gasteiger partial charge >= 0.3 is 18.3 Å². The van der Waals surface area contributed by atoms with Crippen molar-refractivity contribution >= 4 is 144 Å². The summed E-state index contributed by atoms with van der Waals surface area (Å²) in [6.07, 6.45) is 6.30. The van der Waals surface area contributed by atoms with Gasteiger partial charge in [-0.25, -0.2) is 42.9 Å². The number of carbonyl (C=O) groups excluding carboxylic acids is 7. The molecule has 12 aromatic rings. The van der Waals surface area contributed by atoms with Crippen LogP contribution in [0.5, 0.6) is 0 Å². The van der Waals surface area contributed by atoms with Crippen LogP contribution in [0.2, 0.25) is 15.1 Å². The molecule has 0 bridgehead atoms. The fourth-order valence-corrected chi connectivity index (χ4v) is 12.9. The molecule has 0 aliphatic carbocycles. The minimum absolute atomic E-state index is 0.000478. The lowest BCUT2D eigenvalue weighted by Gasteiger charge is -2.22. The zero-order valence-electron chi connectivity index (χ0n) is 64.2. The van der Waals surface area contributed by atoms with Crippen LogP contribution in [0.1, 0.15) is 149 Å². The fourth-order valence-electron chi connectivity index (χ4n) is 12.2. The monoisotopic (exact) mass is 1620 g/mol. The van der Waals surface area contributed by atoms with Gasteiger partial charge < -0.3 is 64.2 Å². The molecule has 0 radical (unpaired) electrons. The molecule has 4 atom stereocenters. The Morgan fingerprint density at radius 1 is 0.491 bits per heavy atom. The van der Waals surface area contributed by atoms with E-state index in [2.05, 4.69) is 67.5 Å². The van der Waals surface area contributed by atoms with Gasteiger partial charge in [-0.05, 0) is 161 Å². The number of carbonyl (C=O) groups is 7. The van der Waals surface area contributed by atoms with E-state index >= 15 is 0 Å². The van der Waals surface area contributed by atoms with Gasteiger partial charge in [0.15, 0.2) is 34.4 Å². The average Bonchev–Trinajstić information content (AvgIpc) is 1.22. The maximum Gasteiger partial charge on any atom is 0.413 e. The van der Waals surface area contributed by atoms with Crippen LogP contribution in [-0.2, 0) is 38.6 Å². The maximum absolute atomic E-state index is 13.6. The molecular weight excluding hydrogens is 1540 g/mol. The topological polar surface area (TPSA) is 428 Å². The number of pyridine rings is 3. The average molecular weight is 1620 g/mol. The highest BCUT2D eigenvalue weighted by atomic mass is 35.5. The van der Waals surface area contributed by atoms with Crippen molar-refractivity contribution in [3.63, 3.8) is 0 Å². The molecule has 0 aliphatic rings. The molecule has 598 valence electrons. The lowest BCUT2D eigenvalue weighted by atomic mass is 10.1. The van der Waals surface area contributed by atoms with Crippen molar-refractivity contribution in [2.24, 2.45) is 0 Å². The Labute approximate surface area is 665 Å². The van der Waals surface area contributed by atoms with Crippen LogP contribution >= 0.6 is 34.8 Å². The number of aliphatic hydroxyl groups is 2. The molecule has 0 saturated heterocycles. The van der Waals surface area contributed by atoms with Crippen molar-refractivity contribution in [3.8, 4) is 0 Å². The number of likely N-dealkylation sites (N-methyl/N-ethyl adjacent to an activating group) is 1. The zero-order valence-corrected chi connectivity index (χ0v) is 66.5. The Morgan fingerprint density at radius 2 is 0.807 bits per heavy atom. The summed E-state index contributed by atoms with van der Waals surface area (Å²) < 4.78 is 24.2. The molecule has 0 spiro atoms. The first-order valence-electron chi connectivity index (χ1n) is 35.6. The van der Waals surface area contributed by atoms with Crippen LogP contribution in [0.4, 0.5) is 31.8 Å². The van der Waals surface area contributed by atoms with E-state index in [4.69, 9.17) is 49.0 Å². The van der Waals surface area contributed by atoms with Gasteiger partial charge in [0.2, 0.25) is 0 Å². The van der Waals surface area contributed by atoms with E-state index in [1.807, 2.05) is 6.07 Å². The van der Waals surface area contributed by atoms with Crippen molar-refractivity contribution in [2.75, 3.05) is 36.1 Å². The number of nitrogens with zero attached hydrogens (tertiary/aromatic N) is 12. The summed E-state index contributed by atoms with van der Waals surface area (Å²) in [7, 11) is 1.79. The van der Waals surface area contributed by atoms with E-state index in [0.717, 1.165) is 0 Å². The molecular formula is C77H84Cl3N19O15. The van der Waals surface area contributed by atoms with Gasteiger partial charge in [0.1, 0.15) is 39.8 Å². The second kappa shape index (κ2) is 35.2. The van der Waals surface area contributed by atoms with Crippen molar-refractivity contribution in [2.45, 2.75) is 144 Å². The normalized spacial score (nSPS) is 12.7. The highest BCUT2D eigenvalue weighted by Crippen LogP contribution is 2.31. The van der Waals surface area contributed by atoms with Crippen LogP contribution < -0.4 is 53.9 Å². The van der Waals surface area contributed by atoms with Gasteiger partial charge in [-0.3, -0.25) is 44.7 Å². The number of hydrogen-bond donors (Lipinski definition) is 9. The van der Waals surface area contributed by atoms with E-state index in [0.29, 0.717) is 63.0 Å². The maximum atomic E-state index is 13.6. The quantitative estimate of drug-likeness (QED) is 0.0253. The molecule has 34 nitrogen and oxygen atoms in total. The van der Waals surface area contributed by atoms with Crippen LogP contribution in [0, 0.1) is 0 Å². The number of fused-ring (bicyclic) bond motifs is 6. The van der Waals surface area contributed by atoms with E-state index in [-0.39, 0.29) is 90.6 Å². The van der Waals surface area contributed by atoms with E-state index in [1.165, 1.54) is 41.3 Å². The highest BCUT2D eigenvalue weighted by molar-refractivity contribution is 6.36. The number of hydrogen-bond acceptors (Lipinski definition) is 22. The molecule has 12 rings (SSSR count). The first kappa shape index (κ1) is 84.2. The van der Waals surface area contributed by atoms with Crippen LogP contribution in [0.25, 0.3) is 49.3 Å². The third-order valence-electron chi connectivity index (χ3n) is 16.9. The smallest absolute Gasteiger partial charge is 0.413 e. The molecule has 1 unspecified atom stereocenters. The SMILES string of the molecule is CNCCn1c([C@H](C)NC(=O)c2c(NC(=O)OC(C)(C)C)nn3cccnc23)cc2cccc(Cl)c2c1=O.C[C@H](NC(=O)c1c(NC(=O)OC(C)(C)C)nn2cccnc12)c1cc2cccc(Cl)c2c(=O)n1CC(O)CO.C[C@H](NC(=O)c1c(NC(=O)OC(C)(C)C)nn2cccnc12)c1cc2cccc(Cl)c2c(=O)n1CC=O. The molecule has 0 fully saturated rings. The Balaban J connectivity index is 0.000000181. The highest BCUT2D eigenvalue weighted by Gasteiger charge is 2.32. The second-order valence-electron chi connectivity index (χ2n) is 29.0. The molecule has 6 amide bonds. The number of amides is 6. The van der Waals surface area contributed by atoms with Gasteiger partial charge in [-0.1, -0.05) is 71.2 Å². The van der Waals surface area contributed by atoms with Gasteiger partial charge in [0.05, 0.1) is 75.2 Å². The third kappa shape index (κ3) is 19.6. The Hall–Kier alpha value is -12.2. The summed E-state index contributed by atoms with van der Waals surface area (Å²) in [5.74, 6) is -1.88. The Kier molecular flexibility index (Phi) is 26.0. The number of aldehydes is 1. The predicted octanol–water partition coefficient (Wildman–Crippen LogP) is 10.4. The summed E-state index contributed by atoms with van der Waals surface area (Å²) in [6.45, 7) is 20.4. The molecule has 114 heavy (non-hydrogen) atoms. The molecule has 9 N–H and O–H groups in total. The van der Waals surface area contributed by atoms with Crippen LogP contribution in [0.15, 0.2) is 143 Å². The van der Waals surface area contributed by atoms with Crippen molar-refractivity contribution in [1.29, 1.82) is 0 Å². The van der Waals surface area contributed by atoms with E-state index in [1.54, 1.807) is 198 Å². The number of ether oxygens (including phenoxy) is 3. The van der Waals surface area contributed by atoms with Crippen LogP contribution in [-0.4, -0.2) is 153 Å². The molecule has 3 aromatic carbocycles. The summed E-state index contributed by atoms with van der Waals surface area (Å²) in [5.41, 5.74) is -1.40. The summed E-state index contributed by atoms with van der Waals surface area (Å²) in [5, 5.41) is 55.2. The summed E-state index contributed by atoms with van der Waals surface area (Å²) >= 11 is 18.9. The summed E-state index contributed by atoms with van der Waals surface area (Å²) in [4.78, 5) is 142. The van der Waals surface area contributed by atoms with Gasteiger partial charge in [0.25, 0.3) is 34.4 Å². The van der Waals surface area contributed by atoms with Gasteiger partial charge in [-0.2, -0.15) is 0 Å². The lowest BCUT2D eigenvalue weighted by molar-refractivity contribution is -0.108. The molecule has 0 saturated carbocycles. The standard InChI is InChI=1S/C26H30ClN7O4.C26H29ClN6O6.C25H25ClN6O5/c1-15(18-14-16-8-6-9-17(27)19(16)24(36)33(18)13-11-28-5)30-23(35)20-21(31-25(37)38-26(2,3)4)32-34-12-7-10-29-22(20)34;1-14(18-11-15-7-5-8-17(27)19(15)24(37)32(18)12-16(35)13-34)29-23(36)20-21(30-25(38)39-26(2,3)4)31-33-10-6-9-28-22(20)33;1-14(17-13-15-7-5-8-16(26)18(15)23(35)31(17)11-12-33)28-22(34)19-20(29-24(36)37-25(2,3)4)30-32-10-6-9-27-21(19)32/h6-10,12,14-15,28H,11,13H2,1-5H3,(H,30,35)(H,31,32,37);5-11,14,16,34-35H,12-13H2,1-4H3,(H,29,36)(H,30,31,38);5-10,12-14H,11H2,1-4H3,(H,28,34)(H,29,30,36)/t15-;14-,16?;14-/m000/s1. The van der Waals surface area contributed by atoms with E-state index < -0.39 is 94.8 Å². The number of benzene rings is 3. The van der Waals surface area contributed by atoms with Crippen molar-refractivity contribution in [1.82, 2.24) is 78.8 Å². The minimum Gasteiger partial charge on any atom is -0.444 e. The number of rotatable bonds is 20. The fraction of sp³-hybridized carbons (Fsp3) is 0.325. The number of nitrogens with one attached hydrogen (secondary N) is 7. The van der Waals surface area contributed by atoms with Gasteiger partial charge in [-0.15, -0.1) is 15.3 Å². The minimum atomic E-state index is -1.22. The first-order valence-corrected chi connectivity index (χ1v) is 36.8. The zero-order chi connectivity index (χ0) is 83.0. The van der Waals surface area contributed by atoms with Crippen molar-refractivity contribution in [3.05, 3.63) is 208 Å². The second-order valence-corrected chi connectivity index (χ2v) is 30.2. The molecule has 9 heterocycles. The number of halogens is 3. The molecule has 37 heteroatoms. The number of aliphatic hydroxyl groups excluding tert-OH is 2. The molecule has 0 aliphatic heterocycles. The lowest BCUT2D eigenvalue weighted by Crippen LogP contribution is -2.36. The van der Waals surface area contributed by atoms with Crippen LogP contribution in [0.3, 0.4) is 0 Å². The largest absolute Gasteiger partial charge is 0.444 e. The Bertz CT molecular complexity index is 5900. The molecule has 9 aromatic heterocycles. The van der Waals surface area contributed by atoms with Gasteiger partial charge in [0, 0.05) is 67.4 Å². The Morgan fingerprint density at radius 3 is 1.12 bits per heavy atom. The van der Waals surface area contributed by atoms with E-state index in [9.17, 15) is 58.2 Å². The summed E-state index contributed by atoms with van der Waals surface area (Å²) in [6, 6.07) is 23.3.